The van der Waals surface area contributed by atoms with Gasteiger partial charge in [-0.25, -0.2) is 22.9 Å². The highest BCUT2D eigenvalue weighted by Crippen LogP contribution is 2.16. The predicted molar refractivity (Wildman–Crippen MR) is 70.5 cm³/mol. The number of primary amides is 1. The SMILES string of the molecule is Cc1nc(OC(N)=O)ccc1NCCNS(C)(=O)=O. The van der Waals surface area contributed by atoms with Gasteiger partial charge in [0.05, 0.1) is 17.6 Å². The number of hydrogen-bond acceptors (Lipinski definition) is 6. The number of pyridine rings is 1. The van der Waals surface area contributed by atoms with Gasteiger partial charge in [-0.05, 0) is 13.0 Å². The molecule has 0 radical (unpaired) electrons. The Morgan fingerprint density at radius 1 is 1.42 bits per heavy atom. The lowest BCUT2D eigenvalue weighted by Gasteiger charge is -2.10. The molecule has 8 nitrogen and oxygen atoms in total. The van der Waals surface area contributed by atoms with E-state index in [0.29, 0.717) is 17.9 Å². The van der Waals surface area contributed by atoms with Crippen molar-refractivity contribution in [2.45, 2.75) is 6.92 Å². The zero-order valence-corrected chi connectivity index (χ0v) is 11.5. The normalized spacial score (nSPS) is 11.1. The Bertz CT molecular complexity index is 559. The molecule has 1 heterocycles. The van der Waals surface area contributed by atoms with E-state index in [2.05, 4.69) is 19.8 Å². The lowest BCUT2D eigenvalue weighted by molar-refractivity contribution is 0.209. The van der Waals surface area contributed by atoms with Crippen molar-refractivity contribution < 1.29 is 17.9 Å². The first-order valence-electron chi connectivity index (χ1n) is 5.41. The van der Waals surface area contributed by atoms with Crippen LogP contribution in [0, 0.1) is 6.92 Å². The molecule has 0 atom stereocenters. The fourth-order valence-corrected chi connectivity index (χ4v) is 1.79. The first-order valence-corrected chi connectivity index (χ1v) is 7.30. The number of carbonyl (C=O) groups is 1. The molecule has 1 aromatic heterocycles. The highest BCUT2D eigenvalue weighted by molar-refractivity contribution is 7.88. The summed E-state index contributed by atoms with van der Waals surface area (Å²) in [6.07, 6.45) is 0.167. The van der Waals surface area contributed by atoms with E-state index in [1.54, 1.807) is 13.0 Å². The predicted octanol–water partition coefficient (Wildman–Crippen LogP) is -0.191. The molecular weight excluding hydrogens is 272 g/mol. The van der Waals surface area contributed by atoms with E-state index in [0.717, 1.165) is 6.26 Å². The van der Waals surface area contributed by atoms with Gasteiger partial charge in [-0.3, -0.25) is 0 Å². The molecule has 0 saturated carbocycles. The summed E-state index contributed by atoms with van der Waals surface area (Å²) < 4.78 is 28.7. The second-order valence-corrected chi connectivity index (χ2v) is 5.63. The first-order chi connectivity index (χ1) is 8.78. The highest BCUT2D eigenvalue weighted by atomic mass is 32.2. The van der Waals surface area contributed by atoms with Gasteiger partial charge in [0, 0.05) is 19.2 Å². The smallest absolute Gasteiger partial charge is 0.391 e. The Morgan fingerprint density at radius 2 is 2.11 bits per heavy atom. The second-order valence-electron chi connectivity index (χ2n) is 3.80. The number of aromatic nitrogens is 1. The Kier molecular flexibility index (Phi) is 5.07. The molecule has 0 aliphatic rings. The third-order valence-electron chi connectivity index (χ3n) is 2.07. The van der Waals surface area contributed by atoms with Crippen LogP contribution < -0.4 is 20.5 Å². The minimum Gasteiger partial charge on any atom is -0.391 e. The minimum atomic E-state index is -3.19. The summed E-state index contributed by atoms with van der Waals surface area (Å²) >= 11 is 0. The number of rotatable bonds is 6. The summed E-state index contributed by atoms with van der Waals surface area (Å²) in [6, 6.07) is 3.16. The quantitative estimate of drug-likeness (QED) is 0.623. The maximum absolute atomic E-state index is 10.8. The number of aryl methyl sites for hydroxylation is 1. The molecule has 0 saturated heterocycles. The summed E-state index contributed by atoms with van der Waals surface area (Å²) in [5.74, 6) is 0.116. The van der Waals surface area contributed by atoms with Crippen LogP contribution >= 0.6 is 0 Å². The van der Waals surface area contributed by atoms with E-state index < -0.39 is 16.1 Å². The average molecular weight is 288 g/mol. The molecule has 1 amide bonds. The van der Waals surface area contributed by atoms with Crippen LogP contribution in [0.25, 0.3) is 0 Å². The Morgan fingerprint density at radius 3 is 2.63 bits per heavy atom. The van der Waals surface area contributed by atoms with Crippen LogP contribution in [0.2, 0.25) is 0 Å². The van der Waals surface area contributed by atoms with Crippen molar-refractivity contribution in [3.05, 3.63) is 17.8 Å². The Labute approximate surface area is 111 Å². The van der Waals surface area contributed by atoms with Gasteiger partial charge in [-0.15, -0.1) is 0 Å². The number of anilines is 1. The molecule has 106 valence electrons. The zero-order valence-electron chi connectivity index (χ0n) is 10.6. The van der Waals surface area contributed by atoms with Crippen molar-refractivity contribution in [2.24, 2.45) is 5.73 Å². The topological polar surface area (TPSA) is 123 Å². The molecular formula is C10H16N4O4S. The van der Waals surface area contributed by atoms with Crippen LogP contribution in [0.5, 0.6) is 5.88 Å². The monoisotopic (exact) mass is 288 g/mol. The number of nitrogens with two attached hydrogens (primary N) is 1. The molecule has 0 aliphatic heterocycles. The second kappa shape index (κ2) is 6.34. The van der Waals surface area contributed by atoms with Crippen LogP contribution in [0.3, 0.4) is 0 Å². The van der Waals surface area contributed by atoms with Gasteiger partial charge >= 0.3 is 6.09 Å². The molecule has 1 rings (SSSR count). The number of carbonyl (C=O) groups excluding carboxylic acids is 1. The maximum atomic E-state index is 10.8. The summed E-state index contributed by atoms with van der Waals surface area (Å²) in [4.78, 5) is 14.6. The largest absolute Gasteiger partial charge is 0.411 e. The fourth-order valence-electron chi connectivity index (χ4n) is 1.32. The van der Waals surface area contributed by atoms with Gasteiger partial charge < -0.3 is 15.8 Å². The minimum absolute atomic E-state index is 0.116. The number of hydrogen-bond donors (Lipinski definition) is 3. The van der Waals surface area contributed by atoms with E-state index in [1.165, 1.54) is 6.07 Å². The van der Waals surface area contributed by atoms with E-state index in [4.69, 9.17) is 5.73 Å². The molecule has 0 fully saturated rings. The van der Waals surface area contributed by atoms with Crippen LogP contribution in [0.4, 0.5) is 10.5 Å². The van der Waals surface area contributed by atoms with Crippen LogP contribution in [0.1, 0.15) is 5.69 Å². The number of ether oxygens (including phenoxy) is 1. The summed E-state index contributed by atoms with van der Waals surface area (Å²) in [5, 5.41) is 3.00. The van der Waals surface area contributed by atoms with Crippen molar-refractivity contribution in [2.75, 3.05) is 24.7 Å². The van der Waals surface area contributed by atoms with Crippen molar-refractivity contribution in [3.63, 3.8) is 0 Å². The van der Waals surface area contributed by atoms with Crippen molar-refractivity contribution >= 4 is 21.8 Å². The van der Waals surface area contributed by atoms with E-state index in [-0.39, 0.29) is 12.4 Å². The number of amides is 1. The lowest BCUT2D eigenvalue weighted by atomic mass is 10.3. The molecule has 19 heavy (non-hydrogen) atoms. The third-order valence-corrected chi connectivity index (χ3v) is 2.80. The average Bonchev–Trinajstić information content (AvgIpc) is 2.24. The number of nitrogens with one attached hydrogen (secondary N) is 2. The molecule has 9 heteroatoms. The molecule has 0 aliphatic carbocycles. The third kappa shape index (κ3) is 6.02. The standard InChI is InChI=1S/C10H16N4O4S/c1-7-8(12-5-6-13-19(2,16)17)3-4-9(14-7)18-10(11)15/h3-4,12-13H,5-6H2,1-2H3,(H2,11,15). The summed E-state index contributed by atoms with van der Waals surface area (Å²) in [7, 11) is -3.19. The van der Waals surface area contributed by atoms with E-state index >= 15 is 0 Å². The highest BCUT2D eigenvalue weighted by Gasteiger charge is 2.05. The number of sulfonamides is 1. The molecule has 0 spiro atoms. The van der Waals surface area contributed by atoms with Crippen molar-refractivity contribution in [1.29, 1.82) is 0 Å². The van der Waals surface area contributed by atoms with Gasteiger partial charge in [0.1, 0.15) is 0 Å². The zero-order chi connectivity index (χ0) is 14.5. The van der Waals surface area contributed by atoms with Gasteiger partial charge in [-0.1, -0.05) is 0 Å². The summed E-state index contributed by atoms with van der Waals surface area (Å²) in [5.41, 5.74) is 6.19. The maximum Gasteiger partial charge on any atom is 0.411 e. The van der Waals surface area contributed by atoms with E-state index in [1.807, 2.05) is 0 Å². The van der Waals surface area contributed by atoms with Crippen LogP contribution in [-0.4, -0.2) is 38.8 Å². The Hall–Kier alpha value is -1.87. The van der Waals surface area contributed by atoms with Gasteiger partial charge in [-0.2, -0.15) is 0 Å². The van der Waals surface area contributed by atoms with Crippen molar-refractivity contribution in [3.8, 4) is 5.88 Å². The van der Waals surface area contributed by atoms with Gasteiger partial charge in [0.2, 0.25) is 15.9 Å². The van der Waals surface area contributed by atoms with Gasteiger partial charge in [0.15, 0.2) is 0 Å². The van der Waals surface area contributed by atoms with Crippen LogP contribution in [0.15, 0.2) is 12.1 Å². The lowest BCUT2D eigenvalue weighted by Crippen LogP contribution is -2.27. The summed E-state index contributed by atoms with van der Waals surface area (Å²) in [6.45, 7) is 2.39. The van der Waals surface area contributed by atoms with Crippen molar-refractivity contribution in [1.82, 2.24) is 9.71 Å². The first kappa shape index (κ1) is 15.2. The number of nitrogens with zero attached hydrogens (tertiary/aromatic N) is 1. The van der Waals surface area contributed by atoms with E-state index in [9.17, 15) is 13.2 Å². The molecule has 1 aromatic rings. The molecule has 0 aromatic carbocycles. The Balaban J connectivity index is 2.53. The van der Waals surface area contributed by atoms with Gasteiger partial charge in [0.25, 0.3) is 0 Å². The molecule has 0 bridgehead atoms. The molecule has 0 unspecified atom stereocenters. The molecule has 4 N–H and O–H groups in total. The fraction of sp³-hybridized carbons (Fsp3) is 0.400. The van der Waals surface area contributed by atoms with Crippen LogP contribution in [-0.2, 0) is 10.0 Å².